The van der Waals surface area contributed by atoms with Crippen LogP contribution in [0.3, 0.4) is 0 Å². The van der Waals surface area contributed by atoms with Crippen LogP contribution in [0.15, 0.2) is 12.1 Å². The van der Waals surface area contributed by atoms with E-state index in [0.29, 0.717) is 0 Å². The molecule has 1 heterocycles. The highest BCUT2D eigenvalue weighted by molar-refractivity contribution is 5.24. The summed E-state index contributed by atoms with van der Waals surface area (Å²) in [4.78, 5) is 0. The van der Waals surface area contributed by atoms with Gasteiger partial charge in [-0.1, -0.05) is 0 Å². The quantitative estimate of drug-likeness (QED) is 0.503. The molecule has 0 amide bonds. The zero-order chi connectivity index (χ0) is 7.40. The maximum absolute atomic E-state index is 8.27. The lowest BCUT2D eigenvalue weighted by molar-refractivity contribution is 0.990. The molecule has 0 fully saturated rings. The van der Waals surface area contributed by atoms with Crippen LogP contribution < -0.4 is 0 Å². The first kappa shape index (κ1) is 6.18. The minimum absolute atomic E-state index is 0.221. The van der Waals surface area contributed by atoms with Crippen LogP contribution >= 0.6 is 0 Å². The van der Waals surface area contributed by atoms with Gasteiger partial charge in [0.05, 0.1) is 0 Å². The number of nitrogens with zero attached hydrogens (tertiary/aromatic N) is 4. The Morgan fingerprint density at radius 1 is 1.00 bits per heavy atom. The molecule has 0 saturated heterocycles. The Bertz CT molecular complexity index is 267. The van der Waals surface area contributed by atoms with Crippen LogP contribution in [-0.2, 0) is 0 Å². The number of hydrogen-bond donors (Lipinski definition) is 0. The summed E-state index contributed by atoms with van der Waals surface area (Å²) in [5.74, 6) is 0. The first-order valence-electron chi connectivity index (χ1n) is 2.51. The average Bonchev–Trinajstić information content (AvgIpc) is 2.05. The number of nitriles is 2. The predicted octanol–water partition coefficient (Wildman–Crippen LogP) is 0.220. The Kier molecular flexibility index (Phi) is 1.58. The lowest BCUT2D eigenvalue weighted by Crippen LogP contribution is -1.88. The van der Waals surface area contributed by atoms with E-state index in [1.165, 1.54) is 12.1 Å². The summed E-state index contributed by atoms with van der Waals surface area (Å²) in [6.07, 6.45) is 0. The molecule has 0 aliphatic heterocycles. The minimum atomic E-state index is 0.221. The maximum Gasteiger partial charge on any atom is 0.163 e. The fourth-order valence-corrected chi connectivity index (χ4v) is 0.452. The van der Waals surface area contributed by atoms with Crippen LogP contribution in [0.5, 0.6) is 0 Å². The van der Waals surface area contributed by atoms with Crippen LogP contribution in [-0.4, -0.2) is 10.2 Å². The molecule has 0 aliphatic rings. The van der Waals surface area contributed by atoms with E-state index in [-0.39, 0.29) is 11.4 Å². The molecule has 0 spiro atoms. The van der Waals surface area contributed by atoms with Crippen LogP contribution in [0, 0.1) is 22.7 Å². The highest BCUT2D eigenvalue weighted by Gasteiger charge is 1.92. The summed E-state index contributed by atoms with van der Waals surface area (Å²) in [5, 5.41) is 23.4. The van der Waals surface area contributed by atoms with Crippen molar-refractivity contribution in [1.29, 1.82) is 10.5 Å². The molecule has 0 aliphatic carbocycles. The molecule has 1 rings (SSSR count). The van der Waals surface area contributed by atoms with Crippen molar-refractivity contribution in [3.63, 3.8) is 0 Å². The molecule has 0 bridgehead atoms. The largest absolute Gasteiger partial charge is 0.191 e. The molecular weight excluding hydrogens is 128 g/mol. The van der Waals surface area contributed by atoms with Gasteiger partial charge in [0.2, 0.25) is 0 Å². The molecule has 0 saturated carbocycles. The second-order valence-electron chi connectivity index (χ2n) is 1.53. The summed E-state index contributed by atoms with van der Waals surface area (Å²) < 4.78 is 0. The minimum Gasteiger partial charge on any atom is -0.191 e. The van der Waals surface area contributed by atoms with Gasteiger partial charge in [0.25, 0.3) is 0 Å². The zero-order valence-corrected chi connectivity index (χ0v) is 4.94. The lowest BCUT2D eigenvalue weighted by atomic mass is 10.4. The first-order chi connectivity index (χ1) is 4.86. The van der Waals surface area contributed by atoms with E-state index < -0.39 is 0 Å². The van der Waals surface area contributed by atoms with Crippen LogP contribution in [0.1, 0.15) is 11.4 Å². The number of hydrogen-bond acceptors (Lipinski definition) is 4. The Hall–Kier alpha value is -1.94. The fraction of sp³-hybridized carbons (Fsp3) is 0. The molecule has 4 nitrogen and oxygen atoms in total. The third kappa shape index (κ3) is 1.07. The van der Waals surface area contributed by atoms with E-state index in [1.807, 2.05) is 0 Å². The van der Waals surface area contributed by atoms with Gasteiger partial charge in [0, 0.05) is 0 Å². The Labute approximate surface area is 57.4 Å². The summed E-state index contributed by atoms with van der Waals surface area (Å²) in [6, 6.07) is 6.49. The summed E-state index contributed by atoms with van der Waals surface area (Å²) >= 11 is 0. The van der Waals surface area contributed by atoms with Gasteiger partial charge in [0.1, 0.15) is 12.1 Å². The highest BCUT2D eigenvalue weighted by Crippen LogP contribution is 1.91. The molecular formula is C6H2N4. The normalized spacial score (nSPS) is 7.80. The number of aromatic nitrogens is 2. The highest BCUT2D eigenvalue weighted by atomic mass is 15.1. The second kappa shape index (κ2) is 2.56. The Balaban J connectivity index is 3.08. The van der Waals surface area contributed by atoms with Crippen LogP contribution in [0.2, 0.25) is 0 Å². The van der Waals surface area contributed by atoms with E-state index >= 15 is 0 Å². The van der Waals surface area contributed by atoms with Gasteiger partial charge >= 0.3 is 0 Å². The van der Waals surface area contributed by atoms with Crippen molar-refractivity contribution in [2.75, 3.05) is 0 Å². The molecule has 0 aromatic carbocycles. The van der Waals surface area contributed by atoms with Crippen molar-refractivity contribution in [2.45, 2.75) is 0 Å². The maximum atomic E-state index is 8.27. The molecule has 0 N–H and O–H groups in total. The van der Waals surface area contributed by atoms with Crippen LogP contribution in [0.25, 0.3) is 0 Å². The zero-order valence-electron chi connectivity index (χ0n) is 4.94. The van der Waals surface area contributed by atoms with Crippen molar-refractivity contribution < 1.29 is 0 Å². The van der Waals surface area contributed by atoms with Crippen molar-refractivity contribution in [3.05, 3.63) is 23.5 Å². The second-order valence-corrected chi connectivity index (χ2v) is 1.53. The number of rotatable bonds is 0. The monoisotopic (exact) mass is 130 g/mol. The van der Waals surface area contributed by atoms with Gasteiger partial charge in [0.15, 0.2) is 11.4 Å². The topological polar surface area (TPSA) is 73.4 Å². The van der Waals surface area contributed by atoms with Gasteiger partial charge in [-0.3, -0.25) is 0 Å². The van der Waals surface area contributed by atoms with Crippen molar-refractivity contribution in [3.8, 4) is 12.1 Å². The van der Waals surface area contributed by atoms with Gasteiger partial charge in [-0.25, -0.2) is 0 Å². The van der Waals surface area contributed by atoms with Gasteiger partial charge in [-0.05, 0) is 12.1 Å². The molecule has 0 radical (unpaired) electrons. The predicted molar refractivity (Wildman–Crippen MR) is 31.5 cm³/mol. The lowest BCUT2D eigenvalue weighted by Gasteiger charge is -1.83. The van der Waals surface area contributed by atoms with Crippen molar-refractivity contribution in [2.24, 2.45) is 0 Å². The SMILES string of the molecule is N#Cc1ccc(C#N)nn1. The third-order valence-corrected chi connectivity index (χ3v) is 0.894. The Morgan fingerprint density at radius 2 is 1.40 bits per heavy atom. The Morgan fingerprint density at radius 3 is 1.60 bits per heavy atom. The van der Waals surface area contributed by atoms with E-state index in [1.54, 1.807) is 12.1 Å². The summed E-state index contributed by atoms with van der Waals surface area (Å²) in [7, 11) is 0. The molecule has 4 heteroatoms. The van der Waals surface area contributed by atoms with Crippen LogP contribution in [0.4, 0.5) is 0 Å². The van der Waals surface area contributed by atoms with E-state index in [9.17, 15) is 0 Å². The first-order valence-corrected chi connectivity index (χ1v) is 2.51. The molecule has 1 aromatic heterocycles. The van der Waals surface area contributed by atoms with E-state index in [2.05, 4.69) is 10.2 Å². The smallest absolute Gasteiger partial charge is 0.163 e. The molecule has 46 valence electrons. The molecule has 0 atom stereocenters. The van der Waals surface area contributed by atoms with Gasteiger partial charge in [-0.2, -0.15) is 10.5 Å². The fourth-order valence-electron chi connectivity index (χ4n) is 0.452. The third-order valence-electron chi connectivity index (χ3n) is 0.894. The van der Waals surface area contributed by atoms with Crippen molar-refractivity contribution >= 4 is 0 Å². The average molecular weight is 130 g/mol. The molecule has 10 heavy (non-hydrogen) atoms. The summed E-state index contributed by atoms with van der Waals surface area (Å²) in [5.41, 5.74) is 0.443. The molecule has 1 aromatic rings. The van der Waals surface area contributed by atoms with E-state index in [0.717, 1.165) is 0 Å². The standard InChI is InChI=1S/C6H2N4/c7-3-5-1-2-6(4-8)10-9-5/h1-2H. The summed E-state index contributed by atoms with van der Waals surface area (Å²) in [6.45, 7) is 0. The van der Waals surface area contributed by atoms with Gasteiger partial charge < -0.3 is 0 Å². The molecule has 0 unspecified atom stereocenters. The van der Waals surface area contributed by atoms with Gasteiger partial charge in [-0.15, -0.1) is 10.2 Å². The van der Waals surface area contributed by atoms with E-state index in [4.69, 9.17) is 10.5 Å². The van der Waals surface area contributed by atoms with Crippen molar-refractivity contribution in [1.82, 2.24) is 10.2 Å².